The van der Waals surface area contributed by atoms with Crippen molar-refractivity contribution in [1.29, 1.82) is 0 Å². The largest absolute Gasteiger partial charge is 0.299 e. The van der Waals surface area contributed by atoms with E-state index < -0.39 is 0 Å². The molecule has 1 aliphatic rings. The van der Waals surface area contributed by atoms with E-state index in [-0.39, 0.29) is 0 Å². The number of likely N-dealkylation sites (tertiary alicyclic amines) is 1. The average Bonchev–Trinajstić information content (AvgIpc) is 2.75. The van der Waals surface area contributed by atoms with E-state index in [4.69, 9.17) is 0 Å². The third kappa shape index (κ3) is 2.42. The Bertz CT molecular complexity index is 514. The van der Waals surface area contributed by atoms with E-state index in [9.17, 15) is 0 Å². The third-order valence-electron chi connectivity index (χ3n) is 3.47. The predicted molar refractivity (Wildman–Crippen MR) is 78.7 cm³/mol. The van der Waals surface area contributed by atoms with Gasteiger partial charge < -0.3 is 0 Å². The van der Waals surface area contributed by atoms with Crippen LogP contribution < -0.4 is 0 Å². The number of fused-ring (bicyclic) bond motifs is 1. The van der Waals surface area contributed by atoms with Crippen molar-refractivity contribution in [3.63, 3.8) is 0 Å². The predicted octanol–water partition coefficient (Wildman–Crippen LogP) is 4.65. The van der Waals surface area contributed by atoms with E-state index in [2.05, 4.69) is 44.4 Å². The molecule has 17 heavy (non-hydrogen) atoms. The molecule has 0 radical (unpaired) electrons. The number of hydrogen-bond acceptors (Lipinski definition) is 2. The molecule has 0 unspecified atom stereocenters. The molecule has 90 valence electrons. The number of piperidine rings is 1. The molecule has 1 saturated heterocycles. The van der Waals surface area contributed by atoms with Crippen molar-refractivity contribution < 1.29 is 0 Å². The van der Waals surface area contributed by atoms with Crippen molar-refractivity contribution in [3.8, 4) is 0 Å². The first-order valence-electron chi connectivity index (χ1n) is 6.21. The molecule has 1 aromatic carbocycles. The number of thiophene rings is 1. The molecular weight excluding hydrogens is 294 g/mol. The van der Waals surface area contributed by atoms with Crippen molar-refractivity contribution in [3.05, 3.63) is 33.6 Å². The lowest BCUT2D eigenvalue weighted by atomic mass is 10.1. The molecule has 2 heterocycles. The van der Waals surface area contributed by atoms with Crippen LogP contribution in [0, 0.1) is 0 Å². The Morgan fingerprint density at radius 2 is 2.00 bits per heavy atom. The number of rotatable bonds is 2. The van der Waals surface area contributed by atoms with Crippen molar-refractivity contribution in [2.45, 2.75) is 25.8 Å². The van der Waals surface area contributed by atoms with Gasteiger partial charge in [-0.2, -0.15) is 0 Å². The molecule has 1 aliphatic heterocycles. The molecule has 0 atom stereocenters. The zero-order valence-corrected chi connectivity index (χ0v) is 12.2. The van der Waals surface area contributed by atoms with Crippen molar-refractivity contribution in [2.75, 3.05) is 13.1 Å². The van der Waals surface area contributed by atoms with E-state index in [1.165, 1.54) is 52.5 Å². The second-order valence-electron chi connectivity index (χ2n) is 4.71. The maximum atomic E-state index is 3.68. The number of halogens is 1. The molecule has 1 aromatic heterocycles. The number of hydrogen-bond donors (Lipinski definition) is 0. The van der Waals surface area contributed by atoms with Crippen LogP contribution in [0.1, 0.15) is 24.8 Å². The Kier molecular flexibility index (Phi) is 3.50. The summed E-state index contributed by atoms with van der Waals surface area (Å²) >= 11 is 5.54. The number of nitrogens with zero attached hydrogens (tertiary/aromatic N) is 1. The topological polar surface area (TPSA) is 3.24 Å². The van der Waals surface area contributed by atoms with Crippen LogP contribution in [-0.2, 0) is 6.54 Å². The van der Waals surface area contributed by atoms with Gasteiger partial charge in [0.05, 0.1) is 0 Å². The van der Waals surface area contributed by atoms with Crippen LogP contribution in [-0.4, -0.2) is 18.0 Å². The monoisotopic (exact) mass is 309 g/mol. The van der Waals surface area contributed by atoms with Crippen molar-refractivity contribution in [1.82, 2.24) is 4.90 Å². The van der Waals surface area contributed by atoms with E-state index in [0.717, 1.165) is 6.54 Å². The Hall–Kier alpha value is -0.380. The van der Waals surface area contributed by atoms with Crippen molar-refractivity contribution >= 4 is 37.4 Å². The minimum absolute atomic E-state index is 1.11. The lowest BCUT2D eigenvalue weighted by molar-refractivity contribution is 0.222. The van der Waals surface area contributed by atoms with Crippen LogP contribution in [0.3, 0.4) is 0 Å². The number of benzene rings is 1. The van der Waals surface area contributed by atoms with Crippen LogP contribution >= 0.6 is 27.3 Å². The summed E-state index contributed by atoms with van der Waals surface area (Å²) in [6, 6.07) is 6.48. The Morgan fingerprint density at radius 1 is 1.18 bits per heavy atom. The molecule has 3 rings (SSSR count). The van der Waals surface area contributed by atoms with Gasteiger partial charge in [-0.05, 0) is 49.0 Å². The standard InChI is InChI=1S/C14H16BrNS/c15-12-5-4-6-13-14(12)11(10-17-13)9-16-7-2-1-3-8-16/h4-6,10H,1-3,7-9H2. The summed E-state index contributed by atoms with van der Waals surface area (Å²) in [5.74, 6) is 0. The summed E-state index contributed by atoms with van der Waals surface area (Å²) < 4.78 is 2.63. The highest BCUT2D eigenvalue weighted by molar-refractivity contribution is 9.10. The fourth-order valence-electron chi connectivity index (χ4n) is 2.58. The fraction of sp³-hybridized carbons (Fsp3) is 0.429. The fourth-order valence-corrected chi connectivity index (χ4v) is 4.31. The first-order chi connectivity index (χ1) is 8.34. The van der Waals surface area contributed by atoms with Crippen molar-refractivity contribution in [2.24, 2.45) is 0 Å². The maximum absolute atomic E-state index is 3.68. The van der Waals surface area contributed by atoms with Gasteiger partial charge in [-0.1, -0.05) is 28.4 Å². The van der Waals surface area contributed by atoms with Gasteiger partial charge in [-0.25, -0.2) is 0 Å². The molecule has 0 spiro atoms. The SMILES string of the molecule is Brc1cccc2scc(CN3CCCCC3)c12. The van der Waals surface area contributed by atoms with Crippen LogP contribution in [0.15, 0.2) is 28.1 Å². The minimum atomic E-state index is 1.11. The highest BCUT2D eigenvalue weighted by Crippen LogP contribution is 2.33. The summed E-state index contributed by atoms with van der Waals surface area (Å²) in [5, 5.41) is 3.74. The van der Waals surface area contributed by atoms with E-state index in [1.807, 2.05) is 11.3 Å². The second kappa shape index (κ2) is 5.09. The van der Waals surface area contributed by atoms with E-state index in [0.29, 0.717) is 0 Å². The summed E-state index contributed by atoms with van der Waals surface area (Å²) in [5.41, 5.74) is 1.49. The molecule has 2 aromatic rings. The van der Waals surface area contributed by atoms with Gasteiger partial charge in [0.1, 0.15) is 0 Å². The van der Waals surface area contributed by atoms with Crippen LogP contribution in [0.2, 0.25) is 0 Å². The van der Waals surface area contributed by atoms with E-state index in [1.54, 1.807) is 0 Å². The van der Waals surface area contributed by atoms with Gasteiger partial charge in [0.2, 0.25) is 0 Å². The summed E-state index contributed by atoms with van der Waals surface area (Å²) in [6.45, 7) is 3.65. The first kappa shape index (κ1) is 11.7. The first-order valence-corrected chi connectivity index (χ1v) is 7.89. The molecule has 0 N–H and O–H groups in total. The third-order valence-corrected chi connectivity index (χ3v) is 5.12. The molecule has 0 saturated carbocycles. The van der Waals surface area contributed by atoms with Gasteiger partial charge >= 0.3 is 0 Å². The smallest absolute Gasteiger partial charge is 0.0357 e. The zero-order chi connectivity index (χ0) is 11.7. The molecule has 0 amide bonds. The molecule has 0 aliphatic carbocycles. The van der Waals surface area contributed by atoms with Gasteiger partial charge in [-0.3, -0.25) is 4.90 Å². The Balaban J connectivity index is 1.89. The van der Waals surface area contributed by atoms with Gasteiger partial charge in [0, 0.05) is 21.1 Å². The summed E-state index contributed by atoms with van der Waals surface area (Å²) in [7, 11) is 0. The van der Waals surface area contributed by atoms with Gasteiger partial charge in [0.15, 0.2) is 0 Å². The lowest BCUT2D eigenvalue weighted by Gasteiger charge is -2.26. The van der Waals surface area contributed by atoms with Crippen LogP contribution in [0.25, 0.3) is 10.1 Å². The molecule has 0 bridgehead atoms. The molecule has 1 fully saturated rings. The average molecular weight is 310 g/mol. The normalized spacial score (nSPS) is 17.7. The highest BCUT2D eigenvalue weighted by Gasteiger charge is 2.14. The van der Waals surface area contributed by atoms with Crippen LogP contribution in [0.4, 0.5) is 0 Å². The summed E-state index contributed by atoms with van der Waals surface area (Å²) in [6.07, 6.45) is 4.14. The molecule has 3 heteroatoms. The summed E-state index contributed by atoms with van der Waals surface area (Å²) in [4.78, 5) is 2.59. The minimum Gasteiger partial charge on any atom is -0.299 e. The Labute approximate surface area is 115 Å². The van der Waals surface area contributed by atoms with Gasteiger partial charge in [-0.15, -0.1) is 11.3 Å². The zero-order valence-electron chi connectivity index (χ0n) is 9.79. The second-order valence-corrected chi connectivity index (χ2v) is 6.48. The van der Waals surface area contributed by atoms with Gasteiger partial charge in [0.25, 0.3) is 0 Å². The van der Waals surface area contributed by atoms with Crippen LogP contribution in [0.5, 0.6) is 0 Å². The lowest BCUT2D eigenvalue weighted by Crippen LogP contribution is -2.28. The molecular formula is C14H16BrNS. The Morgan fingerprint density at radius 3 is 2.82 bits per heavy atom. The quantitative estimate of drug-likeness (QED) is 0.780. The molecule has 1 nitrogen and oxygen atoms in total. The highest BCUT2D eigenvalue weighted by atomic mass is 79.9. The maximum Gasteiger partial charge on any atom is 0.0357 e. The van der Waals surface area contributed by atoms with E-state index >= 15 is 0 Å².